The number of pyridine rings is 2. The number of hydrogen-bond acceptors (Lipinski definition) is 4. The second-order valence-corrected chi connectivity index (χ2v) is 10.2. The number of halogens is 2. The Morgan fingerprint density at radius 3 is 2.49 bits per heavy atom. The van der Waals surface area contributed by atoms with E-state index in [2.05, 4.69) is 34.3 Å². The zero-order valence-electron chi connectivity index (χ0n) is 22.0. The third-order valence-corrected chi connectivity index (χ3v) is 7.87. The van der Waals surface area contributed by atoms with E-state index in [-0.39, 0.29) is 29.0 Å². The molecular weight excluding hydrogens is 472 g/mol. The van der Waals surface area contributed by atoms with Gasteiger partial charge < -0.3 is 9.88 Å². The van der Waals surface area contributed by atoms with Gasteiger partial charge >= 0.3 is 0 Å². The van der Waals surface area contributed by atoms with Crippen molar-refractivity contribution in [1.29, 1.82) is 0 Å². The van der Waals surface area contributed by atoms with Gasteiger partial charge in [-0.2, -0.15) is 0 Å². The van der Waals surface area contributed by atoms with Gasteiger partial charge in [0.2, 0.25) is 0 Å². The van der Waals surface area contributed by atoms with Crippen molar-refractivity contribution in [3.8, 4) is 5.69 Å². The zero-order valence-corrected chi connectivity index (χ0v) is 22.0. The number of benzene rings is 1. The van der Waals surface area contributed by atoms with Crippen LogP contribution in [0.1, 0.15) is 54.1 Å². The summed E-state index contributed by atoms with van der Waals surface area (Å²) >= 11 is 0. The van der Waals surface area contributed by atoms with Gasteiger partial charge in [-0.3, -0.25) is 14.3 Å². The maximum absolute atomic E-state index is 14.8. The molecule has 1 N–H and O–H groups in total. The van der Waals surface area contributed by atoms with Crippen molar-refractivity contribution in [2.45, 2.75) is 45.6 Å². The van der Waals surface area contributed by atoms with Crippen LogP contribution >= 0.6 is 0 Å². The van der Waals surface area contributed by atoms with E-state index in [1.54, 1.807) is 25.4 Å². The summed E-state index contributed by atoms with van der Waals surface area (Å²) in [5.74, 6) is -0.377. The molecule has 0 bridgehead atoms. The molecule has 0 amide bonds. The number of fused-ring (bicyclic) bond motifs is 1. The minimum absolute atomic E-state index is 0.0919. The fourth-order valence-electron chi connectivity index (χ4n) is 5.93. The summed E-state index contributed by atoms with van der Waals surface area (Å²) < 4.78 is 32.7. The monoisotopic (exact) mass is 505 g/mol. The van der Waals surface area contributed by atoms with Crippen LogP contribution in [0.2, 0.25) is 0 Å². The summed E-state index contributed by atoms with van der Waals surface area (Å²) in [6, 6.07) is 8.85. The highest BCUT2D eigenvalue weighted by atomic mass is 19.1. The number of piperidine rings is 1. The lowest BCUT2D eigenvalue weighted by atomic mass is 9.85. The van der Waals surface area contributed by atoms with E-state index in [0.717, 1.165) is 59.3 Å². The summed E-state index contributed by atoms with van der Waals surface area (Å²) in [5.41, 5.74) is 5.08. The van der Waals surface area contributed by atoms with Gasteiger partial charge in [-0.15, -0.1) is 0 Å². The molecule has 1 aliphatic rings. The van der Waals surface area contributed by atoms with Crippen LogP contribution in [0.25, 0.3) is 16.7 Å². The summed E-state index contributed by atoms with van der Waals surface area (Å²) in [5, 5.41) is 3.50. The van der Waals surface area contributed by atoms with Crippen molar-refractivity contribution < 1.29 is 8.78 Å². The molecule has 4 aromatic rings. The summed E-state index contributed by atoms with van der Waals surface area (Å²) in [6.45, 7) is 7.81. The maximum Gasteiger partial charge on any atom is 0.257 e. The van der Waals surface area contributed by atoms with Crippen LogP contribution < -0.4 is 10.9 Å². The lowest BCUT2D eigenvalue weighted by Gasteiger charge is -2.37. The van der Waals surface area contributed by atoms with Gasteiger partial charge in [0, 0.05) is 43.5 Å². The Balaban J connectivity index is 1.43. The van der Waals surface area contributed by atoms with E-state index in [4.69, 9.17) is 0 Å². The molecule has 0 spiro atoms. The third-order valence-electron chi connectivity index (χ3n) is 7.87. The predicted molar refractivity (Wildman–Crippen MR) is 144 cm³/mol. The van der Waals surface area contributed by atoms with Crippen molar-refractivity contribution in [3.63, 3.8) is 0 Å². The van der Waals surface area contributed by atoms with Gasteiger partial charge in [-0.1, -0.05) is 6.07 Å². The molecule has 4 heterocycles. The molecule has 1 saturated heterocycles. The number of likely N-dealkylation sites (tertiary alicyclic amines) is 1. The number of nitrogens with zero attached hydrogens (tertiary/aromatic N) is 4. The van der Waals surface area contributed by atoms with E-state index in [1.807, 2.05) is 25.5 Å². The largest absolute Gasteiger partial charge is 0.386 e. The Kier molecular flexibility index (Phi) is 6.62. The van der Waals surface area contributed by atoms with Crippen LogP contribution in [-0.4, -0.2) is 39.2 Å². The van der Waals surface area contributed by atoms with Crippen LogP contribution in [-0.2, 0) is 7.05 Å². The first-order valence-corrected chi connectivity index (χ1v) is 12.7. The van der Waals surface area contributed by atoms with Crippen LogP contribution in [0, 0.1) is 25.5 Å². The first-order chi connectivity index (χ1) is 17.7. The first kappa shape index (κ1) is 25.1. The molecule has 0 saturated carbocycles. The highest BCUT2D eigenvalue weighted by molar-refractivity contribution is 5.86. The highest BCUT2D eigenvalue weighted by Gasteiger charge is 2.29. The van der Waals surface area contributed by atoms with E-state index < -0.39 is 5.82 Å². The number of aryl methyl sites for hydroxylation is 3. The number of anilines is 1. The van der Waals surface area contributed by atoms with Crippen molar-refractivity contribution in [3.05, 3.63) is 87.1 Å². The average molecular weight is 506 g/mol. The number of rotatable bonds is 5. The molecule has 0 aliphatic carbocycles. The van der Waals surface area contributed by atoms with Gasteiger partial charge in [0.05, 0.1) is 17.6 Å². The molecule has 1 atom stereocenters. The molecule has 0 radical (unpaired) electrons. The molecular formula is C29H33F2N5O. The van der Waals surface area contributed by atoms with Gasteiger partial charge in [0.15, 0.2) is 5.82 Å². The standard InChI is InChI=1S/C29H33F2N5O/c1-17-12-18(2)28(22(30)13-17)20-7-10-35(11-8-20)19(3)26-14-21-25(6-9-33-29(21)34(26)5)36-16-23(31)24(32-4)15-27(36)37/h6,9,12-16,19-20,32H,7-8,10-11H2,1-5H3. The van der Waals surface area contributed by atoms with Crippen LogP contribution in [0.3, 0.4) is 0 Å². The molecule has 8 heteroatoms. The quantitative estimate of drug-likeness (QED) is 0.384. The minimum Gasteiger partial charge on any atom is -0.386 e. The normalized spacial score (nSPS) is 15.9. The van der Waals surface area contributed by atoms with Gasteiger partial charge in [0.1, 0.15) is 11.5 Å². The number of nitrogens with one attached hydrogen (secondary N) is 1. The fraction of sp³-hybridized carbons (Fsp3) is 0.379. The summed E-state index contributed by atoms with van der Waals surface area (Å²) in [6.07, 6.45) is 4.65. The number of aromatic nitrogens is 3. The SMILES string of the molecule is CNc1cc(=O)n(-c2ccnc3c2cc(C(C)N2CCC(c4c(C)cc(C)cc4F)CC2)n3C)cc1F. The van der Waals surface area contributed by atoms with Crippen LogP contribution in [0.5, 0.6) is 0 Å². The summed E-state index contributed by atoms with van der Waals surface area (Å²) in [4.78, 5) is 19.8. The summed E-state index contributed by atoms with van der Waals surface area (Å²) in [7, 11) is 3.55. The Labute approximate surface area is 215 Å². The van der Waals surface area contributed by atoms with Gasteiger partial charge in [-0.05, 0) is 87.5 Å². The molecule has 1 unspecified atom stereocenters. The predicted octanol–water partition coefficient (Wildman–Crippen LogP) is 5.60. The van der Waals surface area contributed by atoms with Crippen molar-refractivity contribution in [2.24, 2.45) is 7.05 Å². The Bertz CT molecular complexity index is 1510. The van der Waals surface area contributed by atoms with Crippen LogP contribution in [0.15, 0.2) is 47.5 Å². The molecule has 5 rings (SSSR count). The minimum atomic E-state index is -0.500. The molecule has 194 valence electrons. The molecule has 37 heavy (non-hydrogen) atoms. The maximum atomic E-state index is 14.8. The topological polar surface area (TPSA) is 55.1 Å². The van der Waals surface area contributed by atoms with Crippen LogP contribution in [0.4, 0.5) is 14.5 Å². The van der Waals surface area contributed by atoms with Crippen molar-refractivity contribution in [2.75, 3.05) is 25.5 Å². The van der Waals surface area contributed by atoms with Gasteiger partial charge in [0.25, 0.3) is 5.56 Å². The van der Waals surface area contributed by atoms with Crippen molar-refractivity contribution in [1.82, 2.24) is 19.0 Å². The average Bonchev–Trinajstić information content (AvgIpc) is 3.21. The molecule has 1 fully saturated rings. The molecule has 1 aliphatic heterocycles. The molecule has 1 aromatic carbocycles. The van der Waals surface area contributed by atoms with E-state index in [0.29, 0.717) is 5.69 Å². The smallest absolute Gasteiger partial charge is 0.257 e. The first-order valence-electron chi connectivity index (χ1n) is 12.7. The second kappa shape index (κ2) is 9.74. The van der Waals surface area contributed by atoms with E-state index >= 15 is 0 Å². The second-order valence-electron chi connectivity index (χ2n) is 10.2. The van der Waals surface area contributed by atoms with Crippen molar-refractivity contribution >= 4 is 16.7 Å². The van der Waals surface area contributed by atoms with Gasteiger partial charge in [-0.25, -0.2) is 13.8 Å². The Morgan fingerprint density at radius 2 is 1.81 bits per heavy atom. The molecule has 3 aromatic heterocycles. The van der Waals surface area contributed by atoms with E-state index in [1.165, 1.54) is 16.8 Å². The Morgan fingerprint density at radius 1 is 1.08 bits per heavy atom. The van der Waals surface area contributed by atoms with E-state index in [9.17, 15) is 13.6 Å². The lowest BCUT2D eigenvalue weighted by molar-refractivity contribution is 0.157. The fourth-order valence-corrected chi connectivity index (χ4v) is 5.93. The molecule has 6 nitrogen and oxygen atoms in total. The number of hydrogen-bond donors (Lipinski definition) is 1. The lowest BCUT2D eigenvalue weighted by Crippen LogP contribution is -2.36. The Hall–Kier alpha value is -3.52. The third kappa shape index (κ3) is 4.44. The zero-order chi connectivity index (χ0) is 26.4. The highest BCUT2D eigenvalue weighted by Crippen LogP contribution is 2.36.